The Hall–Kier alpha value is -4.17. The van der Waals surface area contributed by atoms with Crippen molar-refractivity contribution in [2.45, 2.75) is 50.9 Å². The van der Waals surface area contributed by atoms with Gasteiger partial charge in [-0.2, -0.15) is 0 Å². The molecule has 3 aromatic carbocycles. The number of hydrogen-bond donors (Lipinski definition) is 3. The minimum atomic E-state index is -0.184. The largest absolute Gasteiger partial charge is 0.457 e. The molecule has 4 aromatic rings. The predicted molar refractivity (Wildman–Crippen MR) is 142 cm³/mol. The second-order valence-electron chi connectivity index (χ2n) is 9.82. The molecule has 0 radical (unpaired) electrons. The van der Waals surface area contributed by atoms with Gasteiger partial charge in [-0.1, -0.05) is 30.3 Å². The zero-order valence-corrected chi connectivity index (χ0v) is 20.4. The van der Waals surface area contributed by atoms with Crippen LogP contribution >= 0.6 is 0 Å². The van der Waals surface area contributed by atoms with E-state index in [-0.39, 0.29) is 23.7 Å². The van der Waals surface area contributed by atoms with Crippen molar-refractivity contribution in [3.05, 3.63) is 83.6 Å². The van der Waals surface area contributed by atoms with Gasteiger partial charge in [-0.15, -0.1) is 0 Å². The summed E-state index contributed by atoms with van der Waals surface area (Å²) >= 11 is 0. The Morgan fingerprint density at radius 3 is 2.41 bits per heavy atom. The molecule has 1 fully saturated rings. The Kier molecular flexibility index (Phi) is 6.10. The first-order valence-electron chi connectivity index (χ1n) is 12.7. The fourth-order valence-corrected chi connectivity index (χ4v) is 5.22. The van der Waals surface area contributed by atoms with Crippen molar-refractivity contribution in [1.82, 2.24) is 14.9 Å². The van der Waals surface area contributed by atoms with E-state index >= 15 is 0 Å². The lowest BCUT2D eigenvalue weighted by atomic mass is 9.93. The minimum Gasteiger partial charge on any atom is -0.457 e. The maximum atomic E-state index is 13.5. The van der Waals surface area contributed by atoms with E-state index in [1.807, 2.05) is 54.6 Å². The fraction of sp³-hybridized carbons (Fsp3) is 0.276. The highest BCUT2D eigenvalue weighted by Crippen LogP contribution is 2.31. The molecule has 188 valence electrons. The topological polar surface area (TPSA) is 114 Å². The zero-order chi connectivity index (χ0) is 25.4. The average molecular weight is 496 g/mol. The highest BCUT2D eigenvalue weighted by Gasteiger charge is 2.27. The number of fused-ring (bicyclic) bond motifs is 2. The second kappa shape index (κ2) is 9.71. The fourth-order valence-electron chi connectivity index (χ4n) is 5.22. The van der Waals surface area contributed by atoms with Gasteiger partial charge in [0.1, 0.15) is 17.2 Å². The van der Waals surface area contributed by atoms with Gasteiger partial charge in [-0.05, 0) is 67.1 Å². The van der Waals surface area contributed by atoms with E-state index in [4.69, 9.17) is 10.5 Å². The Balaban J connectivity index is 1.24. The van der Waals surface area contributed by atoms with Crippen LogP contribution in [-0.4, -0.2) is 38.0 Å². The van der Waals surface area contributed by atoms with Crippen LogP contribution in [0.15, 0.2) is 66.7 Å². The molecule has 0 bridgehead atoms. The molecule has 0 saturated heterocycles. The summed E-state index contributed by atoms with van der Waals surface area (Å²) in [7, 11) is 0. The summed E-state index contributed by atoms with van der Waals surface area (Å²) in [6.07, 6.45) is 3.35. The average Bonchev–Trinajstić information content (AvgIpc) is 3.34. The SMILES string of the molecule is Nc1nc(C(=O)N2Cc3ccccc3C2)c2cc(Oc3cccc(NC4CCC(O)CC4)c3)ccc2n1. The Morgan fingerprint density at radius 1 is 0.919 bits per heavy atom. The number of benzene rings is 3. The summed E-state index contributed by atoms with van der Waals surface area (Å²) in [5, 5.41) is 13.9. The third-order valence-corrected chi connectivity index (χ3v) is 7.15. The summed E-state index contributed by atoms with van der Waals surface area (Å²) in [5.41, 5.74) is 10.1. The van der Waals surface area contributed by atoms with Gasteiger partial charge in [0.2, 0.25) is 5.95 Å². The first kappa shape index (κ1) is 23.2. The monoisotopic (exact) mass is 495 g/mol. The van der Waals surface area contributed by atoms with Gasteiger partial charge in [-0.3, -0.25) is 4.79 Å². The normalized spacial score (nSPS) is 19.0. The van der Waals surface area contributed by atoms with Crippen LogP contribution in [-0.2, 0) is 13.1 Å². The number of aromatic nitrogens is 2. The first-order valence-corrected chi connectivity index (χ1v) is 12.7. The van der Waals surface area contributed by atoms with E-state index in [0.717, 1.165) is 42.5 Å². The molecule has 1 saturated carbocycles. The molecular weight excluding hydrogens is 466 g/mol. The molecule has 1 aliphatic heterocycles. The van der Waals surface area contributed by atoms with Crippen LogP contribution in [0.1, 0.15) is 47.3 Å². The van der Waals surface area contributed by atoms with E-state index in [0.29, 0.717) is 41.5 Å². The molecule has 1 aromatic heterocycles. The number of nitrogens with two attached hydrogens (primary N) is 1. The van der Waals surface area contributed by atoms with E-state index < -0.39 is 0 Å². The maximum absolute atomic E-state index is 13.5. The number of hydrogen-bond acceptors (Lipinski definition) is 7. The van der Waals surface area contributed by atoms with Crippen LogP contribution in [0.4, 0.5) is 11.6 Å². The molecular formula is C29H29N5O3. The standard InChI is InChI=1S/C29H29N5O3/c30-29-32-26-13-12-24(37-23-7-3-6-21(14-23)31-20-8-10-22(35)11-9-20)15-25(26)27(33-29)28(36)34-16-18-4-1-2-5-19(18)17-34/h1-7,12-15,20,22,31,35H,8-11,16-17H2,(H2,30,32,33). The van der Waals surface area contributed by atoms with E-state index in [9.17, 15) is 9.90 Å². The number of carbonyl (C=O) groups is 1. The van der Waals surface area contributed by atoms with Crippen molar-refractivity contribution in [2.24, 2.45) is 0 Å². The van der Waals surface area contributed by atoms with Crippen LogP contribution < -0.4 is 15.8 Å². The third-order valence-electron chi connectivity index (χ3n) is 7.15. The van der Waals surface area contributed by atoms with Gasteiger partial charge < -0.3 is 25.8 Å². The number of ether oxygens (including phenoxy) is 1. The maximum Gasteiger partial charge on any atom is 0.273 e. The van der Waals surface area contributed by atoms with Crippen LogP contribution in [0.5, 0.6) is 11.5 Å². The molecule has 0 atom stereocenters. The highest BCUT2D eigenvalue weighted by molar-refractivity contribution is 6.05. The number of carbonyl (C=O) groups excluding carboxylic acids is 1. The Bertz CT molecular complexity index is 1440. The van der Waals surface area contributed by atoms with Crippen LogP contribution in [0, 0.1) is 0 Å². The van der Waals surface area contributed by atoms with Crippen molar-refractivity contribution in [3.63, 3.8) is 0 Å². The summed E-state index contributed by atoms with van der Waals surface area (Å²) in [6.45, 7) is 1.08. The van der Waals surface area contributed by atoms with Crippen LogP contribution in [0.2, 0.25) is 0 Å². The lowest BCUT2D eigenvalue weighted by Gasteiger charge is -2.27. The number of nitrogens with one attached hydrogen (secondary N) is 1. The molecule has 1 aliphatic carbocycles. The van der Waals surface area contributed by atoms with Crippen molar-refractivity contribution in [2.75, 3.05) is 11.1 Å². The molecule has 2 heterocycles. The number of nitrogens with zero attached hydrogens (tertiary/aromatic N) is 3. The summed E-state index contributed by atoms with van der Waals surface area (Å²) in [4.78, 5) is 24.0. The number of anilines is 2. The molecule has 6 rings (SSSR count). The van der Waals surface area contributed by atoms with E-state index in [1.165, 1.54) is 0 Å². The number of nitrogen functional groups attached to an aromatic ring is 1. The van der Waals surface area contributed by atoms with Gasteiger partial charge in [0.15, 0.2) is 0 Å². The molecule has 1 amide bonds. The number of amides is 1. The lowest BCUT2D eigenvalue weighted by molar-refractivity contribution is 0.0747. The molecule has 0 unspecified atom stereocenters. The Labute approximate surface area is 215 Å². The quantitative estimate of drug-likeness (QED) is 0.362. The van der Waals surface area contributed by atoms with Crippen molar-refractivity contribution >= 4 is 28.4 Å². The molecule has 8 heteroatoms. The molecule has 2 aliphatic rings. The summed E-state index contributed by atoms with van der Waals surface area (Å²) in [5.74, 6) is 1.14. The van der Waals surface area contributed by atoms with Gasteiger partial charge in [-0.25, -0.2) is 9.97 Å². The minimum absolute atomic E-state index is 0.0650. The lowest BCUT2D eigenvalue weighted by Crippen LogP contribution is -2.28. The van der Waals surface area contributed by atoms with Gasteiger partial charge in [0.05, 0.1) is 11.6 Å². The molecule has 4 N–H and O–H groups in total. The zero-order valence-electron chi connectivity index (χ0n) is 20.4. The number of aliphatic hydroxyl groups excluding tert-OH is 1. The van der Waals surface area contributed by atoms with Crippen molar-refractivity contribution in [3.8, 4) is 11.5 Å². The summed E-state index contributed by atoms with van der Waals surface area (Å²) in [6, 6.07) is 21.6. The van der Waals surface area contributed by atoms with Gasteiger partial charge in [0.25, 0.3) is 5.91 Å². The van der Waals surface area contributed by atoms with Crippen LogP contribution in [0.3, 0.4) is 0 Å². The van der Waals surface area contributed by atoms with Gasteiger partial charge >= 0.3 is 0 Å². The second-order valence-corrected chi connectivity index (χ2v) is 9.82. The number of aliphatic hydroxyl groups is 1. The van der Waals surface area contributed by atoms with E-state index in [2.05, 4.69) is 15.3 Å². The first-order chi connectivity index (χ1) is 18.0. The van der Waals surface area contributed by atoms with Gasteiger partial charge in [0, 0.05) is 36.3 Å². The van der Waals surface area contributed by atoms with Crippen molar-refractivity contribution < 1.29 is 14.6 Å². The van der Waals surface area contributed by atoms with Crippen molar-refractivity contribution in [1.29, 1.82) is 0 Å². The van der Waals surface area contributed by atoms with Crippen LogP contribution in [0.25, 0.3) is 10.9 Å². The smallest absolute Gasteiger partial charge is 0.273 e. The number of rotatable bonds is 5. The Morgan fingerprint density at radius 2 is 1.65 bits per heavy atom. The highest BCUT2D eigenvalue weighted by atomic mass is 16.5. The third kappa shape index (κ3) is 4.93. The molecule has 8 nitrogen and oxygen atoms in total. The molecule has 37 heavy (non-hydrogen) atoms. The predicted octanol–water partition coefficient (Wildman–Crippen LogP) is 4.88. The van der Waals surface area contributed by atoms with E-state index in [1.54, 1.807) is 17.0 Å². The molecule has 0 spiro atoms. The summed E-state index contributed by atoms with van der Waals surface area (Å²) < 4.78 is 6.18.